The second-order valence-electron chi connectivity index (χ2n) is 2.92. The van der Waals surface area contributed by atoms with Crippen molar-refractivity contribution in [2.45, 2.75) is 0 Å². The van der Waals surface area contributed by atoms with Crippen LogP contribution in [0, 0.1) is 17.5 Å². The molecule has 0 aromatic heterocycles. The Labute approximate surface area is 98.3 Å². The Morgan fingerprint density at radius 3 is 2.50 bits per heavy atom. The number of carbonyl (C=O) groups excluding carboxylic acids is 1. The number of rotatable bonds is 3. The molecular weight excluding hydrogens is 287 g/mol. The molecule has 0 aliphatic rings. The van der Waals surface area contributed by atoms with Crippen molar-refractivity contribution >= 4 is 21.8 Å². The zero-order valence-corrected chi connectivity index (χ0v) is 9.58. The molecule has 2 nitrogen and oxygen atoms in total. The van der Waals surface area contributed by atoms with Gasteiger partial charge in [-0.15, -0.1) is 0 Å². The van der Waals surface area contributed by atoms with E-state index in [9.17, 15) is 18.0 Å². The third-order valence-corrected chi connectivity index (χ3v) is 2.00. The number of nitrogens with one attached hydrogen (secondary N) is 1. The lowest BCUT2D eigenvalue weighted by molar-refractivity contribution is 0.0952. The van der Waals surface area contributed by atoms with Crippen molar-refractivity contribution in [1.82, 2.24) is 5.32 Å². The van der Waals surface area contributed by atoms with Crippen LogP contribution >= 0.6 is 15.9 Å². The molecule has 0 heterocycles. The number of carbonyl (C=O) groups is 1. The van der Waals surface area contributed by atoms with Gasteiger partial charge in [0.2, 0.25) is 0 Å². The molecule has 16 heavy (non-hydrogen) atoms. The number of amides is 1. The minimum Gasteiger partial charge on any atom is -0.347 e. The molecule has 0 saturated carbocycles. The van der Waals surface area contributed by atoms with Gasteiger partial charge < -0.3 is 5.32 Å². The van der Waals surface area contributed by atoms with Crippen LogP contribution in [0.25, 0.3) is 0 Å². The first-order valence-electron chi connectivity index (χ1n) is 4.18. The summed E-state index contributed by atoms with van der Waals surface area (Å²) in [6, 6.07) is 1.57. The fourth-order valence-corrected chi connectivity index (χ4v) is 1.11. The largest absolute Gasteiger partial charge is 0.347 e. The topological polar surface area (TPSA) is 29.1 Å². The van der Waals surface area contributed by atoms with Crippen LogP contribution in [0.2, 0.25) is 0 Å². The summed E-state index contributed by atoms with van der Waals surface area (Å²) in [5.41, 5.74) is -0.548. The zero-order valence-electron chi connectivity index (χ0n) is 7.99. The second kappa shape index (κ2) is 5.16. The van der Waals surface area contributed by atoms with Crippen molar-refractivity contribution in [1.29, 1.82) is 0 Å². The predicted octanol–water partition coefficient (Wildman–Crippen LogP) is 2.74. The lowest BCUT2D eigenvalue weighted by Crippen LogP contribution is -2.25. The van der Waals surface area contributed by atoms with Crippen molar-refractivity contribution in [2.24, 2.45) is 0 Å². The monoisotopic (exact) mass is 293 g/mol. The molecule has 0 unspecified atom stereocenters. The molecule has 1 rings (SSSR count). The van der Waals surface area contributed by atoms with Gasteiger partial charge in [0.1, 0.15) is 0 Å². The standard InChI is InChI=1S/C10H7BrF3NO/c1-5(11)4-15-10(16)6-2-3-7(12)9(14)8(6)13/h2-3H,1,4H2,(H,15,16). The summed E-state index contributed by atoms with van der Waals surface area (Å²) < 4.78 is 39.0. The fraction of sp³-hybridized carbons (Fsp3) is 0.100. The van der Waals surface area contributed by atoms with Gasteiger partial charge in [0.15, 0.2) is 17.5 Å². The van der Waals surface area contributed by atoms with Gasteiger partial charge in [-0.2, -0.15) is 0 Å². The number of hydrogen-bond acceptors (Lipinski definition) is 1. The van der Waals surface area contributed by atoms with Crippen LogP contribution < -0.4 is 5.32 Å². The van der Waals surface area contributed by atoms with E-state index in [-0.39, 0.29) is 6.54 Å². The summed E-state index contributed by atoms with van der Waals surface area (Å²) in [5, 5.41) is 2.27. The maximum Gasteiger partial charge on any atom is 0.254 e. The first-order chi connectivity index (χ1) is 7.43. The average molecular weight is 294 g/mol. The highest BCUT2D eigenvalue weighted by atomic mass is 79.9. The van der Waals surface area contributed by atoms with Crippen molar-refractivity contribution in [2.75, 3.05) is 6.54 Å². The minimum absolute atomic E-state index is 0.0667. The number of halogens is 4. The molecule has 0 radical (unpaired) electrons. The molecule has 6 heteroatoms. The van der Waals surface area contributed by atoms with E-state index in [4.69, 9.17) is 0 Å². The van der Waals surface area contributed by atoms with Crippen LogP contribution in [0.3, 0.4) is 0 Å². The van der Waals surface area contributed by atoms with E-state index >= 15 is 0 Å². The fourth-order valence-electron chi connectivity index (χ4n) is 0.973. The van der Waals surface area contributed by atoms with Crippen LogP contribution in [0.1, 0.15) is 10.4 Å². The Hall–Kier alpha value is -1.30. The molecule has 0 aliphatic carbocycles. The zero-order chi connectivity index (χ0) is 12.3. The van der Waals surface area contributed by atoms with Crippen molar-refractivity contribution in [3.05, 3.63) is 46.2 Å². The molecule has 0 fully saturated rings. The SMILES string of the molecule is C=C(Br)CNC(=O)c1ccc(F)c(F)c1F. The van der Waals surface area contributed by atoms with Crippen LogP contribution in [-0.4, -0.2) is 12.5 Å². The summed E-state index contributed by atoms with van der Waals surface area (Å²) in [5.74, 6) is -5.33. The van der Waals surface area contributed by atoms with Gasteiger partial charge in [-0.3, -0.25) is 4.79 Å². The minimum atomic E-state index is -1.66. The second-order valence-corrected chi connectivity index (χ2v) is 4.04. The molecule has 1 aromatic carbocycles. The highest BCUT2D eigenvalue weighted by Gasteiger charge is 2.18. The summed E-state index contributed by atoms with van der Waals surface area (Å²) in [6.45, 7) is 3.52. The predicted molar refractivity (Wildman–Crippen MR) is 56.7 cm³/mol. The first kappa shape index (κ1) is 12.8. The Morgan fingerprint density at radius 2 is 1.94 bits per heavy atom. The van der Waals surface area contributed by atoms with Crippen LogP contribution in [0.15, 0.2) is 23.2 Å². The van der Waals surface area contributed by atoms with Crippen LogP contribution in [0.5, 0.6) is 0 Å². The average Bonchev–Trinajstić information content (AvgIpc) is 2.23. The van der Waals surface area contributed by atoms with E-state index < -0.39 is 28.9 Å². The lowest BCUT2D eigenvalue weighted by atomic mass is 10.2. The summed E-state index contributed by atoms with van der Waals surface area (Å²) in [4.78, 5) is 11.3. The van der Waals surface area contributed by atoms with E-state index in [1.54, 1.807) is 0 Å². The highest BCUT2D eigenvalue weighted by molar-refractivity contribution is 9.11. The van der Waals surface area contributed by atoms with Crippen molar-refractivity contribution in [3.63, 3.8) is 0 Å². The van der Waals surface area contributed by atoms with Crippen molar-refractivity contribution in [3.8, 4) is 0 Å². The number of hydrogen-bond donors (Lipinski definition) is 1. The summed E-state index contributed by atoms with van der Waals surface area (Å²) in [7, 11) is 0. The Morgan fingerprint density at radius 1 is 1.31 bits per heavy atom. The van der Waals surface area contributed by atoms with E-state index in [1.165, 1.54) is 0 Å². The molecule has 86 valence electrons. The Balaban J connectivity index is 2.92. The van der Waals surface area contributed by atoms with E-state index in [2.05, 4.69) is 27.8 Å². The van der Waals surface area contributed by atoms with E-state index in [0.717, 1.165) is 6.07 Å². The number of benzene rings is 1. The van der Waals surface area contributed by atoms with E-state index in [1.807, 2.05) is 0 Å². The molecule has 0 spiro atoms. The molecule has 0 atom stereocenters. The van der Waals surface area contributed by atoms with Gasteiger partial charge in [-0.1, -0.05) is 22.5 Å². The maximum absolute atomic E-state index is 13.1. The normalized spacial score (nSPS) is 10.0. The first-order valence-corrected chi connectivity index (χ1v) is 4.97. The molecule has 1 aromatic rings. The Kier molecular flexibility index (Phi) is 4.12. The van der Waals surface area contributed by atoms with Gasteiger partial charge >= 0.3 is 0 Å². The molecule has 0 saturated heterocycles. The smallest absolute Gasteiger partial charge is 0.254 e. The van der Waals surface area contributed by atoms with Gasteiger partial charge in [-0.25, -0.2) is 13.2 Å². The van der Waals surface area contributed by atoms with Crippen molar-refractivity contribution < 1.29 is 18.0 Å². The highest BCUT2D eigenvalue weighted by Crippen LogP contribution is 2.15. The third-order valence-electron chi connectivity index (χ3n) is 1.72. The van der Waals surface area contributed by atoms with Gasteiger partial charge in [0.05, 0.1) is 5.56 Å². The summed E-state index contributed by atoms with van der Waals surface area (Å²) >= 11 is 2.98. The van der Waals surface area contributed by atoms with Gasteiger partial charge in [0, 0.05) is 11.0 Å². The molecule has 1 amide bonds. The van der Waals surface area contributed by atoms with Crippen LogP contribution in [-0.2, 0) is 0 Å². The molecule has 0 bridgehead atoms. The van der Waals surface area contributed by atoms with Gasteiger partial charge in [-0.05, 0) is 12.1 Å². The molecule has 0 aliphatic heterocycles. The Bertz CT molecular complexity index is 448. The van der Waals surface area contributed by atoms with Gasteiger partial charge in [0.25, 0.3) is 5.91 Å². The maximum atomic E-state index is 13.1. The molecular formula is C10H7BrF3NO. The quantitative estimate of drug-likeness (QED) is 0.853. The molecule has 1 N–H and O–H groups in total. The summed E-state index contributed by atoms with van der Waals surface area (Å²) in [6.07, 6.45) is 0. The lowest BCUT2D eigenvalue weighted by Gasteiger charge is -2.05. The third kappa shape index (κ3) is 2.85. The van der Waals surface area contributed by atoms with Crippen LogP contribution in [0.4, 0.5) is 13.2 Å². The van der Waals surface area contributed by atoms with E-state index in [0.29, 0.717) is 10.5 Å².